The highest BCUT2D eigenvalue weighted by Gasteiger charge is 2.38. The molecule has 0 bridgehead atoms. The summed E-state index contributed by atoms with van der Waals surface area (Å²) in [5.74, 6) is -3.56. The van der Waals surface area contributed by atoms with Crippen LogP contribution in [0.2, 0.25) is 10.2 Å². The number of amides is 1. The molecule has 5 rings (SSSR count). The number of carboxylic acids is 1. The van der Waals surface area contributed by atoms with Crippen LogP contribution in [0.15, 0.2) is 35.3 Å². The lowest BCUT2D eigenvalue weighted by molar-refractivity contribution is -0.192. The van der Waals surface area contributed by atoms with Gasteiger partial charge < -0.3 is 19.9 Å². The number of piperidine rings is 2. The smallest absolute Gasteiger partial charge is 0.475 e. The maximum Gasteiger partial charge on any atom is 0.490 e. The summed E-state index contributed by atoms with van der Waals surface area (Å²) >= 11 is 12.4. The van der Waals surface area contributed by atoms with Gasteiger partial charge in [0.05, 0.1) is 10.6 Å². The van der Waals surface area contributed by atoms with Crippen molar-refractivity contribution in [1.82, 2.24) is 19.2 Å². The summed E-state index contributed by atoms with van der Waals surface area (Å²) in [5, 5.41) is 7.65. The van der Waals surface area contributed by atoms with E-state index in [-0.39, 0.29) is 27.2 Å². The van der Waals surface area contributed by atoms with Crippen molar-refractivity contribution in [3.05, 3.63) is 73.6 Å². The van der Waals surface area contributed by atoms with Crippen LogP contribution in [0.5, 0.6) is 0 Å². The highest BCUT2D eigenvalue weighted by Crippen LogP contribution is 2.27. The van der Waals surface area contributed by atoms with Gasteiger partial charge in [-0.15, -0.1) is 0 Å². The number of alkyl halides is 3. The van der Waals surface area contributed by atoms with Gasteiger partial charge in [-0.2, -0.15) is 13.2 Å². The molecular weight excluding hydrogens is 591 g/mol. The van der Waals surface area contributed by atoms with Crippen LogP contribution in [0.25, 0.3) is 5.52 Å². The van der Waals surface area contributed by atoms with Crippen LogP contribution < -0.4 is 5.56 Å². The molecule has 1 amide bonds. The summed E-state index contributed by atoms with van der Waals surface area (Å²) in [6, 6.07) is 6.60. The number of hydrogen-bond donors (Lipinski definition) is 2. The normalized spacial score (nSPS) is 16.9. The minimum Gasteiger partial charge on any atom is -0.475 e. The lowest BCUT2D eigenvalue weighted by Gasteiger charge is -2.40. The van der Waals surface area contributed by atoms with Crippen molar-refractivity contribution < 1.29 is 32.3 Å². The van der Waals surface area contributed by atoms with E-state index in [2.05, 4.69) is 9.88 Å². The predicted octanol–water partition coefficient (Wildman–Crippen LogP) is 5.39. The molecule has 2 saturated heterocycles. The number of H-pyrrole nitrogens is 1. The number of carboxylic acid groups (broad SMARTS) is 1. The van der Waals surface area contributed by atoms with Gasteiger partial charge in [0.15, 0.2) is 0 Å². The van der Waals surface area contributed by atoms with E-state index in [4.69, 9.17) is 33.1 Å². The zero-order valence-corrected chi connectivity index (χ0v) is 23.3. The Hall–Kier alpha value is -3.09. The van der Waals surface area contributed by atoms with Crippen molar-refractivity contribution in [2.24, 2.45) is 0 Å². The van der Waals surface area contributed by atoms with E-state index in [1.807, 2.05) is 0 Å². The molecule has 2 N–H and O–H groups in total. The van der Waals surface area contributed by atoms with E-state index in [1.165, 1.54) is 31.4 Å². The lowest BCUT2D eigenvalue weighted by Crippen LogP contribution is -2.48. The van der Waals surface area contributed by atoms with Crippen molar-refractivity contribution in [2.75, 3.05) is 26.2 Å². The molecule has 2 aliphatic rings. The first-order chi connectivity index (χ1) is 19.4. The maximum atomic E-state index is 14.7. The Bertz CT molecular complexity index is 1480. The Labute approximate surface area is 242 Å². The van der Waals surface area contributed by atoms with E-state index >= 15 is 0 Å². The van der Waals surface area contributed by atoms with Gasteiger partial charge in [-0.1, -0.05) is 35.7 Å². The van der Waals surface area contributed by atoms with E-state index in [0.717, 1.165) is 31.5 Å². The molecule has 0 atom stereocenters. The van der Waals surface area contributed by atoms with E-state index in [9.17, 15) is 27.2 Å². The van der Waals surface area contributed by atoms with Gasteiger partial charge in [0, 0.05) is 37.4 Å². The topological polar surface area (TPSA) is 98.1 Å². The molecule has 0 aliphatic carbocycles. The fourth-order valence-electron chi connectivity index (χ4n) is 5.27. The molecule has 0 radical (unpaired) electrons. The number of rotatable bonds is 4. The molecule has 2 aliphatic heterocycles. The van der Waals surface area contributed by atoms with Crippen LogP contribution >= 0.6 is 23.2 Å². The van der Waals surface area contributed by atoms with Crippen LogP contribution in [-0.2, 0) is 11.2 Å². The molecule has 1 aromatic carbocycles. The number of nitrogens with zero attached hydrogens (tertiary/aromatic N) is 3. The van der Waals surface area contributed by atoms with Gasteiger partial charge in [0.25, 0.3) is 11.5 Å². The third kappa shape index (κ3) is 7.22. The standard InChI is InChI=1S/C25H27Cl2FN4O2.C2HF3O2/c26-20-14-22-24(33)29-15-18(32(22)23(20)27)12-16-4-5-21(28)19(13-16)25(34)31-10-6-17(7-11-31)30-8-2-1-3-9-30;3-2(4,5)1(6)7/h4-5,13-15,17H,1-3,6-12H2,(H,29,33);(H,6,7). The average molecular weight is 619 g/mol. The number of aromatic amines is 1. The van der Waals surface area contributed by atoms with Crippen molar-refractivity contribution in [2.45, 2.75) is 50.7 Å². The number of carbonyl (C=O) groups is 2. The summed E-state index contributed by atoms with van der Waals surface area (Å²) in [7, 11) is 0. The van der Waals surface area contributed by atoms with Crippen molar-refractivity contribution in [1.29, 1.82) is 0 Å². The molecule has 0 saturated carbocycles. The second kappa shape index (κ2) is 12.8. The summed E-state index contributed by atoms with van der Waals surface area (Å²) in [6.07, 6.45) is 2.48. The lowest BCUT2D eigenvalue weighted by atomic mass is 9.98. The summed E-state index contributed by atoms with van der Waals surface area (Å²) < 4.78 is 48.0. The van der Waals surface area contributed by atoms with Crippen LogP contribution in [0, 0.1) is 5.82 Å². The van der Waals surface area contributed by atoms with Crippen LogP contribution in [0.3, 0.4) is 0 Å². The highest BCUT2D eigenvalue weighted by molar-refractivity contribution is 6.42. The molecule has 41 heavy (non-hydrogen) atoms. The molecule has 2 aromatic heterocycles. The number of hydrogen-bond acceptors (Lipinski definition) is 4. The van der Waals surface area contributed by atoms with Gasteiger partial charge in [0.1, 0.15) is 16.5 Å². The number of aromatic nitrogens is 2. The minimum atomic E-state index is -5.08. The number of likely N-dealkylation sites (tertiary alicyclic amines) is 2. The molecule has 3 aromatic rings. The predicted molar refractivity (Wildman–Crippen MR) is 145 cm³/mol. The van der Waals surface area contributed by atoms with Gasteiger partial charge in [-0.3, -0.25) is 14.0 Å². The Morgan fingerprint density at radius 3 is 2.27 bits per heavy atom. The van der Waals surface area contributed by atoms with Gasteiger partial charge in [0.2, 0.25) is 0 Å². The second-order valence-electron chi connectivity index (χ2n) is 10.0. The number of aliphatic carboxylic acids is 1. The Morgan fingerprint density at radius 1 is 1.02 bits per heavy atom. The second-order valence-corrected chi connectivity index (χ2v) is 10.8. The van der Waals surface area contributed by atoms with Crippen molar-refractivity contribution in [3.63, 3.8) is 0 Å². The third-order valence-corrected chi connectivity index (χ3v) is 8.09. The molecule has 4 heterocycles. The third-order valence-electron chi connectivity index (χ3n) is 7.34. The van der Waals surface area contributed by atoms with Crippen LogP contribution in [0.1, 0.15) is 53.7 Å². The molecular formula is C27H28Cl2F4N4O4. The largest absolute Gasteiger partial charge is 0.490 e. The summed E-state index contributed by atoms with van der Waals surface area (Å²) in [6.45, 7) is 3.57. The molecule has 2 fully saturated rings. The Morgan fingerprint density at radius 2 is 1.66 bits per heavy atom. The molecule has 0 spiro atoms. The number of benzene rings is 1. The summed E-state index contributed by atoms with van der Waals surface area (Å²) in [4.78, 5) is 41.2. The molecule has 0 unspecified atom stereocenters. The quantitative estimate of drug-likeness (QED) is 0.382. The molecule has 8 nitrogen and oxygen atoms in total. The molecule has 222 valence electrons. The zero-order valence-electron chi connectivity index (χ0n) is 21.8. The fraction of sp³-hybridized carbons (Fsp3) is 0.444. The first-order valence-corrected chi connectivity index (χ1v) is 13.8. The number of halogens is 6. The highest BCUT2D eigenvalue weighted by atomic mass is 35.5. The number of fused-ring (bicyclic) bond motifs is 1. The minimum absolute atomic E-state index is 0.0752. The average Bonchev–Trinajstić information content (AvgIpc) is 3.26. The van der Waals surface area contributed by atoms with Gasteiger partial charge in [-0.05, 0) is 62.5 Å². The summed E-state index contributed by atoms with van der Waals surface area (Å²) in [5.41, 5.74) is 1.52. The monoisotopic (exact) mass is 618 g/mol. The first-order valence-electron chi connectivity index (χ1n) is 13.1. The van der Waals surface area contributed by atoms with E-state index in [0.29, 0.717) is 36.8 Å². The van der Waals surface area contributed by atoms with Crippen LogP contribution in [0.4, 0.5) is 17.6 Å². The van der Waals surface area contributed by atoms with Crippen molar-refractivity contribution in [3.8, 4) is 0 Å². The van der Waals surface area contributed by atoms with Gasteiger partial charge >= 0.3 is 12.1 Å². The maximum absolute atomic E-state index is 14.7. The van der Waals surface area contributed by atoms with Gasteiger partial charge in [-0.25, -0.2) is 9.18 Å². The zero-order chi connectivity index (χ0) is 29.9. The number of nitrogens with one attached hydrogen (secondary N) is 1. The first kappa shape index (κ1) is 30.9. The fourth-order valence-corrected chi connectivity index (χ4v) is 5.71. The Kier molecular flexibility index (Phi) is 9.66. The van der Waals surface area contributed by atoms with E-state index < -0.39 is 18.0 Å². The Balaban J connectivity index is 0.000000493. The van der Waals surface area contributed by atoms with Crippen LogP contribution in [-0.4, -0.2) is 74.6 Å². The van der Waals surface area contributed by atoms with Crippen molar-refractivity contribution >= 4 is 40.6 Å². The number of carbonyl (C=O) groups excluding carboxylic acids is 1. The van der Waals surface area contributed by atoms with E-state index in [1.54, 1.807) is 27.6 Å². The molecule has 14 heteroatoms. The SMILES string of the molecule is O=C(O)C(F)(F)F.O=C(c1cc(Cc2c[nH]c(=O)c3cc(Cl)c(Cl)n23)ccc1F)N1CCC(N2CCCCC2)CC1.